The van der Waals surface area contributed by atoms with Crippen molar-refractivity contribution in [1.29, 1.82) is 0 Å². The molecule has 5 rings (SSSR count). The second-order valence-corrected chi connectivity index (χ2v) is 10.1. The van der Waals surface area contributed by atoms with Crippen LogP contribution < -0.4 is 10.6 Å². The third kappa shape index (κ3) is 5.20. The minimum absolute atomic E-state index is 0.0602. The fraction of sp³-hybridized carbons (Fsp3) is 0.520. The van der Waals surface area contributed by atoms with Crippen LogP contribution in [0.3, 0.4) is 0 Å². The quantitative estimate of drug-likeness (QED) is 0.451. The number of likely N-dealkylation sites (tertiary alicyclic amines) is 1. The summed E-state index contributed by atoms with van der Waals surface area (Å²) < 4.78 is 44.2. The van der Waals surface area contributed by atoms with Crippen molar-refractivity contribution in [1.82, 2.24) is 24.4 Å². The predicted octanol–water partition coefficient (Wildman–Crippen LogP) is 4.13. The van der Waals surface area contributed by atoms with Gasteiger partial charge in [0.25, 0.3) is 0 Å². The molecule has 3 aromatic rings. The summed E-state index contributed by atoms with van der Waals surface area (Å²) in [6.45, 7) is 4.85. The molecule has 1 saturated heterocycles. The number of halogens is 3. The smallest absolute Gasteiger partial charge is 0.225 e. The van der Waals surface area contributed by atoms with Gasteiger partial charge >= 0.3 is 0 Å². The molecule has 37 heavy (non-hydrogen) atoms. The van der Waals surface area contributed by atoms with Crippen LogP contribution in [0.15, 0.2) is 18.3 Å². The number of nitrogens with zero attached hydrogens (tertiary/aromatic N) is 5. The van der Waals surface area contributed by atoms with E-state index in [1.54, 1.807) is 15.7 Å². The zero-order valence-corrected chi connectivity index (χ0v) is 20.7. The summed E-state index contributed by atoms with van der Waals surface area (Å²) in [5.41, 5.74) is 0.410. The number of aliphatic hydroxyl groups is 1. The van der Waals surface area contributed by atoms with Crippen molar-refractivity contribution in [2.75, 3.05) is 23.7 Å². The summed E-state index contributed by atoms with van der Waals surface area (Å²) in [5.74, 6) is -2.70. The van der Waals surface area contributed by atoms with Crippen LogP contribution in [-0.2, 0) is 4.79 Å². The number of fused-ring (bicyclic) bond motifs is 1. The van der Waals surface area contributed by atoms with E-state index in [0.717, 1.165) is 0 Å². The number of aliphatic hydroxyl groups excluding tert-OH is 1. The zero-order chi connectivity index (χ0) is 26.3. The Labute approximate surface area is 212 Å². The molecular formula is C25H30F3N7O2. The maximum atomic E-state index is 14.5. The molecule has 1 saturated carbocycles. The number of benzene rings is 1. The highest BCUT2D eigenvalue weighted by atomic mass is 19.1. The lowest BCUT2D eigenvalue weighted by Gasteiger charge is -2.32. The number of amides is 1. The van der Waals surface area contributed by atoms with Gasteiger partial charge in [0.05, 0.1) is 12.3 Å². The van der Waals surface area contributed by atoms with Gasteiger partial charge in [-0.3, -0.25) is 9.36 Å². The third-order valence-electron chi connectivity index (χ3n) is 6.98. The molecular weight excluding hydrogens is 487 g/mol. The highest BCUT2D eigenvalue weighted by molar-refractivity contribution is 5.79. The van der Waals surface area contributed by atoms with E-state index in [2.05, 4.69) is 25.6 Å². The van der Waals surface area contributed by atoms with Gasteiger partial charge in [0.2, 0.25) is 17.8 Å². The van der Waals surface area contributed by atoms with Crippen LogP contribution in [0, 0.1) is 23.4 Å². The number of carbonyl (C=O) groups is 1. The molecule has 12 heteroatoms. The molecule has 2 fully saturated rings. The number of anilines is 3. The number of aromatic nitrogens is 4. The normalized spacial score (nSPS) is 22.1. The summed E-state index contributed by atoms with van der Waals surface area (Å²) in [7, 11) is 0. The molecule has 2 aromatic heterocycles. The minimum atomic E-state index is -1.08. The lowest BCUT2D eigenvalue weighted by Crippen LogP contribution is -2.37. The molecule has 0 radical (unpaired) electrons. The molecule has 1 aromatic carbocycles. The van der Waals surface area contributed by atoms with Crippen LogP contribution >= 0.6 is 0 Å². The van der Waals surface area contributed by atoms with Crippen LogP contribution in [0.4, 0.5) is 30.8 Å². The number of carbonyl (C=O) groups excluding carboxylic acids is 1. The second kappa shape index (κ2) is 10.2. The van der Waals surface area contributed by atoms with E-state index in [1.165, 1.54) is 0 Å². The molecule has 1 aliphatic heterocycles. The molecule has 1 aliphatic carbocycles. The van der Waals surface area contributed by atoms with E-state index in [0.29, 0.717) is 74.4 Å². The Kier molecular flexibility index (Phi) is 6.93. The van der Waals surface area contributed by atoms with Gasteiger partial charge in [-0.15, -0.1) is 0 Å². The second-order valence-electron chi connectivity index (χ2n) is 10.1. The standard InChI is InChI=1S/C25H30F3N7O2/c1-13(2)30-24-29-11-20-22(33-24)35(25(31-20)32-21-18(27)9-15(26)10-19(21)28)16-5-3-14(4-6-16)23(37)34-8-7-17(36)12-34/h9-11,13-14,16-17,36H,3-8,12H2,1-2H3,(H,31,32)(H,29,30,33)/t14?,16?,17-/m1/s1. The highest BCUT2D eigenvalue weighted by Crippen LogP contribution is 2.38. The fourth-order valence-electron chi connectivity index (χ4n) is 5.21. The van der Waals surface area contributed by atoms with Crippen molar-refractivity contribution in [3.05, 3.63) is 35.8 Å². The van der Waals surface area contributed by atoms with Gasteiger partial charge in [-0.25, -0.2) is 23.1 Å². The van der Waals surface area contributed by atoms with Gasteiger partial charge in [-0.05, 0) is 46.0 Å². The lowest BCUT2D eigenvalue weighted by molar-refractivity contribution is -0.136. The Morgan fingerprint density at radius 2 is 1.78 bits per heavy atom. The molecule has 0 unspecified atom stereocenters. The highest BCUT2D eigenvalue weighted by Gasteiger charge is 2.34. The van der Waals surface area contributed by atoms with E-state index in [1.807, 2.05) is 13.8 Å². The number of imidazole rings is 1. The van der Waals surface area contributed by atoms with E-state index < -0.39 is 29.2 Å². The number of hydrogen-bond donors (Lipinski definition) is 3. The topological polar surface area (TPSA) is 108 Å². The molecule has 3 heterocycles. The summed E-state index contributed by atoms with van der Waals surface area (Å²) in [6.07, 6.45) is 4.16. The Morgan fingerprint density at radius 3 is 2.41 bits per heavy atom. The monoisotopic (exact) mass is 517 g/mol. The van der Waals surface area contributed by atoms with E-state index in [9.17, 15) is 23.1 Å². The van der Waals surface area contributed by atoms with Crippen LogP contribution in [0.25, 0.3) is 11.2 Å². The van der Waals surface area contributed by atoms with Crippen LogP contribution in [-0.4, -0.2) is 60.7 Å². The average molecular weight is 518 g/mol. The Bertz CT molecular complexity index is 1280. The summed E-state index contributed by atoms with van der Waals surface area (Å²) in [6, 6.07) is 1.15. The van der Waals surface area contributed by atoms with Crippen molar-refractivity contribution in [2.45, 2.75) is 64.1 Å². The van der Waals surface area contributed by atoms with Crippen molar-refractivity contribution in [3.8, 4) is 0 Å². The van der Waals surface area contributed by atoms with E-state index >= 15 is 0 Å². The first-order valence-corrected chi connectivity index (χ1v) is 12.6. The van der Waals surface area contributed by atoms with Gasteiger partial charge in [0.15, 0.2) is 17.3 Å². The first-order valence-electron chi connectivity index (χ1n) is 12.6. The molecule has 1 amide bonds. The number of nitrogens with one attached hydrogen (secondary N) is 2. The summed E-state index contributed by atoms with van der Waals surface area (Å²) >= 11 is 0. The maximum absolute atomic E-state index is 14.5. The van der Waals surface area contributed by atoms with Crippen LogP contribution in [0.1, 0.15) is 52.0 Å². The van der Waals surface area contributed by atoms with Crippen molar-refractivity contribution >= 4 is 34.7 Å². The van der Waals surface area contributed by atoms with Crippen LogP contribution in [0.2, 0.25) is 0 Å². The summed E-state index contributed by atoms with van der Waals surface area (Å²) in [4.78, 5) is 28.1. The predicted molar refractivity (Wildman–Crippen MR) is 132 cm³/mol. The third-order valence-corrected chi connectivity index (χ3v) is 6.98. The van der Waals surface area contributed by atoms with Gasteiger partial charge in [-0.2, -0.15) is 4.98 Å². The van der Waals surface area contributed by atoms with E-state index in [4.69, 9.17) is 0 Å². The Morgan fingerprint density at radius 1 is 1.08 bits per heavy atom. The SMILES string of the molecule is CC(C)Nc1ncc2nc(Nc3c(F)cc(F)cc3F)n(C3CCC(C(=O)N4CC[C@@H](O)C4)CC3)c2n1. The number of β-amino-alcohol motifs (C(OH)–C–C–N with tert-alkyl or cyclic N) is 1. The number of rotatable bonds is 6. The fourth-order valence-corrected chi connectivity index (χ4v) is 5.21. The van der Waals surface area contributed by atoms with Gasteiger partial charge in [-0.1, -0.05) is 0 Å². The number of hydrogen-bond acceptors (Lipinski definition) is 7. The minimum Gasteiger partial charge on any atom is -0.391 e. The van der Waals surface area contributed by atoms with Crippen LogP contribution in [0.5, 0.6) is 0 Å². The largest absolute Gasteiger partial charge is 0.391 e. The molecule has 9 nitrogen and oxygen atoms in total. The van der Waals surface area contributed by atoms with Gasteiger partial charge in [0, 0.05) is 43.2 Å². The Balaban J connectivity index is 1.46. The summed E-state index contributed by atoms with van der Waals surface area (Å²) in [5, 5.41) is 15.7. The first-order chi connectivity index (χ1) is 17.7. The molecule has 3 N–H and O–H groups in total. The van der Waals surface area contributed by atoms with Gasteiger partial charge in [0.1, 0.15) is 17.0 Å². The molecule has 198 valence electrons. The Hall–Kier alpha value is -3.41. The van der Waals surface area contributed by atoms with Crippen molar-refractivity contribution < 1.29 is 23.1 Å². The van der Waals surface area contributed by atoms with Gasteiger partial charge < -0.3 is 20.6 Å². The molecule has 0 spiro atoms. The molecule has 1 atom stereocenters. The lowest BCUT2D eigenvalue weighted by atomic mass is 9.85. The zero-order valence-electron chi connectivity index (χ0n) is 20.7. The van der Waals surface area contributed by atoms with Crippen molar-refractivity contribution in [2.24, 2.45) is 5.92 Å². The molecule has 2 aliphatic rings. The van der Waals surface area contributed by atoms with Crippen molar-refractivity contribution in [3.63, 3.8) is 0 Å². The maximum Gasteiger partial charge on any atom is 0.225 e. The van der Waals surface area contributed by atoms with E-state index in [-0.39, 0.29) is 29.9 Å². The molecule has 0 bridgehead atoms. The average Bonchev–Trinajstić information content (AvgIpc) is 3.43. The first kappa shape index (κ1) is 25.2.